The lowest BCUT2D eigenvalue weighted by Gasteiger charge is -2.33. The summed E-state index contributed by atoms with van der Waals surface area (Å²) >= 11 is 0. The molecule has 7 heteroatoms. The first-order valence-corrected chi connectivity index (χ1v) is 6.33. The zero-order valence-electron chi connectivity index (χ0n) is 10.6. The van der Waals surface area contributed by atoms with Crippen molar-refractivity contribution in [1.82, 2.24) is 10.2 Å². The number of ether oxygens (including phenoxy) is 1. The predicted octanol–water partition coefficient (Wildman–Crippen LogP) is 0.666. The van der Waals surface area contributed by atoms with E-state index in [-0.39, 0.29) is 12.0 Å². The molecule has 2 unspecified atom stereocenters. The van der Waals surface area contributed by atoms with E-state index in [1.807, 2.05) is 0 Å². The first-order valence-electron chi connectivity index (χ1n) is 6.33. The van der Waals surface area contributed by atoms with Crippen LogP contribution in [0.15, 0.2) is 5.11 Å². The van der Waals surface area contributed by atoms with E-state index < -0.39 is 5.54 Å². The standard InChI is InChI=1S/C11H19N5O2/c1-18-10(17)11(13-5-6-14-15-12)4-8-16-7-2-3-9(11)16/h9,13H,2-8H2,1H3. The third-order valence-electron chi connectivity index (χ3n) is 3.99. The fourth-order valence-electron chi connectivity index (χ4n) is 3.21. The van der Waals surface area contributed by atoms with Crippen LogP contribution in [-0.4, -0.2) is 55.7 Å². The number of azide groups is 1. The van der Waals surface area contributed by atoms with Gasteiger partial charge in [0.05, 0.1) is 7.11 Å². The smallest absolute Gasteiger partial charge is 0.327 e. The van der Waals surface area contributed by atoms with E-state index in [1.54, 1.807) is 0 Å². The van der Waals surface area contributed by atoms with E-state index in [4.69, 9.17) is 10.3 Å². The van der Waals surface area contributed by atoms with Gasteiger partial charge in [-0.3, -0.25) is 4.90 Å². The summed E-state index contributed by atoms with van der Waals surface area (Å²) < 4.78 is 4.97. The van der Waals surface area contributed by atoms with Crippen molar-refractivity contribution >= 4 is 5.97 Å². The van der Waals surface area contributed by atoms with Crippen molar-refractivity contribution in [2.24, 2.45) is 5.11 Å². The third kappa shape index (κ3) is 2.16. The van der Waals surface area contributed by atoms with Crippen molar-refractivity contribution < 1.29 is 9.53 Å². The van der Waals surface area contributed by atoms with Gasteiger partial charge in [-0.25, -0.2) is 4.79 Å². The number of rotatable bonds is 5. The van der Waals surface area contributed by atoms with E-state index in [9.17, 15) is 4.79 Å². The van der Waals surface area contributed by atoms with Gasteiger partial charge in [0, 0.05) is 30.6 Å². The number of methoxy groups -OCH3 is 1. The van der Waals surface area contributed by atoms with Crippen LogP contribution in [0, 0.1) is 0 Å². The summed E-state index contributed by atoms with van der Waals surface area (Å²) in [7, 11) is 1.43. The van der Waals surface area contributed by atoms with Crippen LogP contribution < -0.4 is 5.32 Å². The fraction of sp³-hybridized carbons (Fsp3) is 0.909. The molecule has 0 aromatic carbocycles. The van der Waals surface area contributed by atoms with Gasteiger partial charge in [0.25, 0.3) is 0 Å². The zero-order valence-corrected chi connectivity index (χ0v) is 10.6. The molecule has 0 radical (unpaired) electrons. The Hall–Kier alpha value is -1.30. The van der Waals surface area contributed by atoms with Gasteiger partial charge in [-0.2, -0.15) is 0 Å². The molecular formula is C11H19N5O2. The molecule has 2 atom stereocenters. The predicted molar refractivity (Wildman–Crippen MR) is 66.0 cm³/mol. The molecular weight excluding hydrogens is 234 g/mol. The van der Waals surface area contributed by atoms with Crippen molar-refractivity contribution in [2.45, 2.75) is 30.8 Å². The van der Waals surface area contributed by atoms with E-state index in [0.29, 0.717) is 13.1 Å². The van der Waals surface area contributed by atoms with Crippen LogP contribution in [0.5, 0.6) is 0 Å². The average molecular weight is 253 g/mol. The molecule has 2 rings (SSSR count). The Bertz CT molecular complexity index is 368. The average Bonchev–Trinajstić information content (AvgIpc) is 2.97. The number of fused-ring (bicyclic) bond motifs is 1. The molecule has 1 N–H and O–H groups in total. The highest BCUT2D eigenvalue weighted by Gasteiger charge is 2.54. The summed E-state index contributed by atoms with van der Waals surface area (Å²) in [4.78, 5) is 17.2. The van der Waals surface area contributed by atoms with Crippen molar-refractivity contribution in [3.8, 4) is 0 Å². The van der Waals surface area contributed by atoms with Gasteiger partial charge in [0.1, 0.15) is 5.54 Å². The van der Waals surface area contributed by atoms with Crippen LogP contribution in [0.1, 0.15) is 19.3 Å². The molecule has 0 bridgehead atoms. The Balaban J connectivity index is 2.08. The first kappa shape index (κ1) is 13.1. The van der Waals surface area contributed by atoms with E-state index >= 15 is 0 Å². The quantitative estimate of drug-likeness (QED) is 0.256. The number of hydrogen-bond acceptors (Lipinski definition) is 5. The summed E-state index contributed by atoms with van der Waals surface area (Å²) in [6, 6.07) is 0.219. The van der Waals surface area contributed by atoms with Gasteiger partial charge in [0.15, 0.2) is 0 Å². The zero-order chi connectivity index (χ0) is 13.0. The second-order valence-electron chi connectivity index (χ2n) is 4.79. The molecule has 0 aliphatic carbocycles. The number of esters is 1. The maximum atomic E-state index is 12.1. The van der Waals surface area contributed by atoms with Gasteiger partial charge in [-0.1, -0.05) is 5.11 Å². The van der Waals surface area contributed by atoms with Crippen LogP contribution in [0.4, 0.5) is 0 Å². The van der Waals surface area contributed by atoms with Gasteiger partial charge in [0.2, 0.25) is 0 Å². The Labute approximate surface area is 106 Å². The Kier molecular flexibility index (Phi) is 4.06. The third-order valence-corrected chi connectivity index (χ3v) is 3.99. The van der Waals surface area contributed by atoms with Crippen LogP contribution in [0.25, 0.3) is 10.4 Å². The van der Waals surface area contributed by atoms with Crippen molar-refractivity contribution in [3.63, 3.8) is 0 Å². The Morgan fingerprint density at radius 3 is 3.22 bits per heavy atom. The molecule has 7 nitrogen and oxygen atoms in total. The molecule has 0 spiro atoms. The largest absolute Gasteiger partial charge is 0.468 e. The monoisotopic (exact) mass is 253 g/mol. The highest BCUT2D eigenvalue weighted by molar-refractivity contribution is 5.82. The van der Waals surface area contributed by atoms with Crippen molar-refractivity contribution in [1.29, 1.82) is 0 Å². The number of hydrogen-bond donors (Lipinski definition) is 1. The summed E-state index contributed by atoms with van der Waals surface area (Å²) in [6.07, 6.45) is 2.91. The first-order chi connectivity index (χ1) is 8.74. The highest BCUT2D eigenvalue weighted by Crippen LogP contribution is 2.36. The normalized spacial score (nSPS) is 30.8. The van der Waals surface area contributed by atoms with Gasteiger partial charge in [-0.15, -0.1) is 0 Å². The molecule has 100 valence electrons. The van der Waals surface area contributed by atoms with Crippen LogP contribution in [-0.2, 0) is 9.53 Å². The molecule has 2 saturated heterocycles. The van der Waals surface area contributed by atoms with Crippen LogP contribution >= 0.6 is 0 Å². The second-order valence-corrected chi connectivity index (χ2v) is 4.79. The number of nitrogens with zero attached hydrogens (tertiary/aromatic N) is 4. The molecule has 2 heterocycles. The highest BCUT2D eigenvalue weighted by atomic mass is 16.5. The maximum Gasteiger partial charge on any atom is 0.327 e. The van der Waals surface area contributed by atoms with Crippen LogP contribution in [0.2, 0.25) is 0 Å². The lowest BCUT2D eigenvalue weighted by molar-refractivity contribution is -0.149. The van der Waals surface area contributed by atoms with E-state index in [2.05, 4.69) is 20.2 Å². The summed E-state index contributed by atoms with van der Waals surface area (Å²) in [6.45, 7) is 2.83. The molecule has 2 fully saturated rings. The minimum absolute atomic E-state index is 0.196. The number of nitrogens with one attached hydrogen (secondary N) is 1. The van der Waals surface area contributed by atoms with E-state index in [0.717, 1.165) is 32.4 Å². The van der Waals surface area contributed by atoms with Crippen LogP contribution in [0.3, 0.4) is 0 Å². The second kappa shape index (κ2) is 5.56. The van der Waals surface area contributed by atoms with Gasteiger partial charge in [-0.05, 0) is 31.3 Å². The molecule has 0 saturated carbocycles. The van der Waals surface area contributed by atoms with E-state index in [1.165, 1.54) is 7.11 Å². The minimum atomic E-state index is -0.615. The number of carbonyl (C=O) groups is 1. The molecule has 0 aromatic heterocycles. The Morgan fingerprint density at radius 2 is 2.50 bits per heavy atom. The molecule has 18 heavy (non-hydrogen) atoms. The Morgan fingerprint density at radius 1 is 1.67 bits per heavy atom. The molecule has 0 amide bonds. The minimum Gasteiger partial charge on any atom is -0.468 e. The molecule has 2 aliphatic rings. The molecule has 0 aromatic rings. The summed E-state index contributed by atoms with van der Waals surface area (Å²) in [5, 5.41) is 6.76. The maximum absolute atomic E-state index is 12.1. The lowest BCUT2D eigenvalue weighted by Crippen LogP contribution is -2.59. The van der Waals surface area contributed by atoms with Gasteiger partial charge >= 0.3 is 5.97 Å². The molecule has 2 aliphatic heterocycles. The summed E-state index contributed by atoms with van der Waals surface area (Å²) in [5.74, 6) is -0.196. The van der Waals surface area contributed by atoms with Gasteiger partial charge < -0.3 is 10.1 Å². The summed E-state index contributed by atoms with van der Waals surface area (Å²) in [5.41, 5.74) is 7.64. The topological polar surface area (TPSA) is 90.3 Å². The lowest BCUT2D eigenvalue weighted by atomic mass is 9.88. The number of carbonyl (C=O) groups excluding carboxylic acids is 1. The van der Waals surface area contributed by atoms with Crippen molar-refractivity contribution in [2.75, 3.05) is 33.3 Å². The van der Waals surface area contributed by atoms with Crippen molar-refractivity contribution in [3.05, 3.63) is 10.4 Å². The SMILES string of the molecule is COC(=O)C1(NCCN=[N+]=[N-])CCN2CCCC21. The fourth-order valence-corrected chi connectivity index (χ4v) is 3.21.